The lowest BCUT2D eigenvalue weighted by Crippen LogP contribution is -2.47. The van der Waals surface area contributed by atoms with Crippen LogP contribution < -0.4 is 10.7 Å². The second-order valence-corrected chi connectivity index (χ2v) is 4.83. The fourth-order valence-corrected chi connectivity index (χ4v) is 2.42. The van der Waals surface area contributed by atoms with Crippen molar-refractivity contribution in [2.75, 3.05) is 37.0 Å². The number of rotatable bonds is 4. The number of nitrogens with two attached hydrogens (primary N) is 1. The number of nitrogens with zero attached hydrogens (tertiary/aromatic N) is 4. The summed E-state index contributed by atoms with van der Waals surface area (Å²) in [7, 11) is 0. The van der Waals surface area contributed by atoms with Crippen LogP contribution in [0, 0.1) is 0 Å². The monoisotopic (exact) mass is 299 g/mol. The molecule has 0 saturated carbocycles. The van der Waals surface area contributed by atoms with Crippen LogP contribution in [0.25, 0.3) is 0 Å². The first-order chi connectivity index (χ1) is 10.8. The maximum absolute atomic E-state index is 11.4. The molecule has 22 heavy (non-hydrogen) atoms. The average Bonchev–Trinajstić information content (AvgIpc) is 2.57. The van der Waals surface area contributed by atoms with E-state index in [0.717, 1.165) is 5.69 Å². The molecule has 1 aliphatic rings. The average molecular weight is 299 g/mol. The molecule has 0 amide bonds. The summed E-state index contributed by atoms with van der Waals surface area (Å²) in [4.78, 5) is 19.6. The molecule has 1 aromatic heterocycles. The van der Waals surface area contributed by atoms with Crippen LogP contribution in [0.15, 0.2) is 36.7 Å². The number of hydrazine groups is 1. The van der Waals surface area contributed by atoms with Crippen LogP contribution in [0.5, 0.6) is 0 Å². The van der Waals surface area contributed by atoms with Crippen molar-refractivity contribution in [2.24, 2.45) is 0 Å². The van der Waals surface area contributed by atoms with Crippen molar-refractivity contribution in [3.05, 3.63) is 42.2 Å². The second-order valence-electron chi connectivity index (χ2n) is 4.83. The summed E-state index contributed by atoms with van der Waals surface area (Å²) >= 11 is 0. The zero-order valence-corrected chi connectivity index (χ0v) is 12.1. The molecular formula is C15H17N5O2. The number of para-hydroxylation sites is 1. The van der Waals surface area contributed by atoms with E-state index < -0.39 is 0 Å². The van der Waals surface area contributed by atoms with E-state index in [4.69, 9.17) is 10.5 Å². The molecule has 1 aliphatic heterocycles. The van der Waals surface area contributed by atoms with Gasteiger partial charge in [0.1, 0.15) is 17.7 Å². The van der Waals surface area contributed by atoms with Gasteiger partial charge in [-0.15, -0.1) is 0 Å². The van der Waals surface area contributed by atoms with Crippen molar-refractivity contribution < 1.29 is 9.53 Å². The lowest BCUT2D eigenvalue weighted by atomic mass is 10.2. The third-order valence-electron chi connectivity index (χ3n) is 3.48. The number of anilines is 3. The van der Waals surface area contributed by atoms with Crippen molar-refractivity contribution in [3.8, 4) is 0 Å². The summed E-state index contributed by atoms with van der Waals surface area (Å²) < 4.78 is 5.41. The van der Waals surface area contributed by atoms with Crippen molar-refractivity contribution >= 4 is 23.6 Å². The van der Waals surface area contributed by atoms with Gasteiger partial charge in [-0.05, 0) is 12.1 Å². The Hall–Kier alpha value is -2.51. The molecule has 0 spiro atoms. The van der Waals surface area contributed by atoms with Crippen molar-refractivity contribution in [2.45, 2.75) is 0 Å². The highest BCUT2D eigenvalue weighted by Crippen LogP contribution is 2.29. The highest BCUT2D eigenvalue weighted by atomic mass is 16.5. The van der Waals surface area contributed by atoms with E-state index in [2.05, 4.69) is 15.0 Å². The summed E-state index contributed by atoms with van der Waals surface area (Å²) in [6.07, 6.45) is 2.06. The Morgan fingerprint density at radius 2 is 1.91 bits per heavy atom. The van der Waals surface area contributed by atoms with Gasteiger partial charge in [-0.3, -0.25) is 9.80 Å². The molecular weight excluding hydrogens is 282 g/mol. The van der Waals surface area contributed by atoms with Gasteiger partial charge in [0.15, 0.2) is 12.1 Å². The van der Waals surface area contributed by atoms with Crippen LogP contribution in [-0.2, 0) is 4.74 Å². The lowest BCUT2D eigenvalue weighted by Gasteiger charge is -2.38. The van der Waals surface area contributed by atoms with Gasteiger partial charge in [0.25, 0.3) is 0 Å². The first-order valence-corrected chi connectivity index (χ1v) is 7.04. The molecule has 7 nitrogen and oxygen atoms in total. The number of carbonyl (C=O) groups is 1. The Kier molecular flexibility index (Phi) is 4.27. The molecule has 2 heterocycles. The third-order valence-corrected chi connectivity index (χ3v) is 3.48. The SMILES string of the molecule is Nc1ncnc(N(c2ccccc2)N2CCOCC2)c1C=O. The number of aromatic nitrogens is 2. The zero-order valence-electron chi connectivity index (χ0n) is 12.1. The number of ether oxygens (including phenoxy) is 1. The van der Waals surface area contributed by atoms with Crippen molar-refractivity contribution in [1.29, 1.82) is 0 Å². The Morgan fingerprint density at radius 1 is 1.18 bits per heavy atom. The Balaban J connectivity index is 2.09. The number of benzene rings is 1. The quantitative estimate of drug-likeness (QED) is 0.851. The number of nitrogen functional groups attached to an aromatic ring is 1. The van der Waals surface area contributed by atoms with E-state index in [0.29, 0.717) is 38.4 Å². The summed E-state index contributed by atoms with van der Waals surface area (Å²) in [5.41, 5.74) is 7.02. The topological polar surface area (TPSA) is 84.6 Å². The number of morpholine rings is 1. The minimum atomic E-state index is 0.175. The second kappa shape index (κ2) is 6.50. The zero-order chi connectivity index (χ0) is 15.4. The molecule has 1 aromatic carbocycles. The van der Waals surface area contributed by atoms with Crippen LogP contribution in [0.3, 0.4) is 0 Å². The molecule has 1 fully saturated rings. The predicted molar refractivity (Wildman–Crippen MR) is 82.8 cm³/mol. The van der Waals surface area contributed by atoms with E-state index >= 15 is 0 Å². The minimum absolute atomic E-state index is 0.175. The fourth-order valence-electron chi connectivity index (χ4n) is 2.42. The smallest absolute Gasteiger partial charge is 0.163 e. The van der Waals surface area contributed by atoms with Gasteiger partial charge in [0.05, 0.1) is 18.9 Å². The number of hydrogen-bond acceptors (Lipinski definition) is 7. The molecule has 2 N–H and O–H groups in total. The van der Waals surface area contributed by atoms with Gasteiger partial charge < -0.3 is 10.5 Å². The number of carbonyl (C=O) groups excluding carboxylic acids is 1. The molecule has 114 valence electrons. The van der Waals surface area contributed by atoms with Crippen LogP contribution in [0.2, 0.25) is 0 Å². The van der Waals surface area contributed by atoms with E-state index in [9.17, 15) is 4.79 Å². The minimum Gasteiger partial charge on any atom is -0.383 e. The first kappa shape index (κ1) is 14.4. The summed E-state index contributed by atoms with van der Waals surface area (Å²) in [6.45, 7) is 2.66. The third kappa shape index (κ3) is 2.76. The summed E-state index contributed by atoms with van der Waals surface area (Å²) in [5, 5.41) is 4.00. The van der Waals surface area contributed by atoms with Crippen LogP contribution in [0.4, 0.5) is 17.3 Å². The summed E-state index contributed by atoms with van der Waals surface area (Å²) in [6, 6.07) is 9.74. The largest absolute Gasteiger partial charge is 0.383 e. The van der Waals surface area contributed by atoms with Gasteiger partial charge in [-0.1, -0.05) is 18.2 Å². The van der Waals surface area contributed by atoms with E-state index in [1.54, 1.807) is 0 Å². The maximum atomic E-state index is 11.4. The van der Waals surface area contributed by atoms with Crippen LogP contribution >= 0.6 is 0 Å². The van der Waals surface area contributed by atoms with Gasteiger partial charge >= 0.3 is 0 Å². The highest BCUT2D eigenvalue weighted by molar-refractivity contribution is 5.90. The van der Waals surface area contributed by atoms with Gasteiger partial charge in [0.2, 0.25) is 0 Å². The number of hydrogen-bond donors (Lipinski definition) is 1. The fraction of sp³-hybridized carbons (Fsp3) is 0.267. The molecule has 0 unspecified atom stereocenters. The standard InChI is InChI=1S/C15H17N5O2/c16-14-13(10-21)15(18-11-17-14)20(12-4-2-1-3-5-12)19-6-8-22-9-7-19/h1-5,10-11H,6-9H2,(H2,16,17,18). The van der Waals surface area contributed by atoms with Crippen LogP contribution in [0.1, 0.15) is 10.4 Å². The predicted octanol–water partition coefficient (Wildman–Crippen LogP) is 1.26. The molecule has 0 aliphatic carbocycles. The lowest BCUT2D eigenvalue weighted by molar-refractivity contribution is 0.0374. The van der Waals surface area contributed by atoms with E-state index in [1.807, 2.05) is 35.3 Å². The molecule has 7 heteroatoms. The van der Waals surface area contributed by atoms with Crippen LogP contribution in [-0.4, -0.2) is 47.6 Å². The Labute approximate surface area is 128 Å². The van der Waals surface area contributed by atoms with Gasteiger partial charge in [0, 0.05) is 13.1 Å². The first-order valence-electron chi connectivity index (χ1n) is 7.04. The van der Waals surface area contributed by atoms with Gasteiger partial charge in [-0.25, -0.2) is 15.0 Å². The Bertz CT molecular complexity index is 644. The highest BCUT2D eigenvalue weighted by Gasteiger charge is 2.25. The van der Waals surface area contributed by atoms with Crippen molar-refractivity contribution in [3.63, 3.8) is 0 Å². The molecule has 3 rings (SSSR count). The van der Waals surface area contributed by atoms with E-state index in [-0.39, 0.29) is 11.4 Å². The summed E-state index contributed by atoms with van der Waals surface area (Å²) in [5.74, 6) is 0.657. The van der Waals surface area contributed by atoms with Crippen molar-refractivity contribution in [1.82, 2.24) is 15.0 Å². The molecule has 1 saturated heterocycles. The van der Waals surface area contributed by atoms with Gasteiger partial charge in [-0.2, -0.15) is 0 Å². The molecule has 0 atom stereocenters. The van der Waals surface area contributed by atoms with E-state index in [1.165, 1.54) is 6.33 Å². The number of aldehydes is 1. The molecule has 2 aromatic rings. The molecule has 0 radical (unpaired) electrons. The molecule has 0 bridgehead atoms. The normalized spacial score (nSPS) is 15.5. The maximum Gasteiger partial charge on any atom is 0.163 e. The Morgan fingerprint density at radius 3 is 2.59 bits per heavy atom.